The first kappa shape index (κ1) is 8.29. The summed E-state index contributed by atoms with van der Waals surface area (Å²) < 4.78 is 23.1. The van der Waals surface area contributed by atoms with E-state index < -0.39 is 17.9 Å². The van der Waals surface area contributed by atoms with Gasteiger partial charge in [0.25, 0.3) is 6.43 Å². The number of hydrogen-bond donors (Lipinski definition) is 2. The number of carbonyl (C=O) groups is 1. The predicted molar refractivity (Wildman–Crippen MR) is 26.2 cm³/mol. The molecule has 0 aliphatic rings. The van der Waals surface area contributed by atoms with E-state index in [0.29, 0.717) is 0 Å². The summed E-state index contributed by atoms with van der Waals surface area (Å²) in [7, 11) is 0. The standard InChI is InChI=1S/C4H7F2NO2/c1-4(7,2(5)6)3(8)9/h2H,7H2,1H3,(H,8,9)/t4-/m0/s1. The van der Waals surface area contributed by atoms with Crippen LogP contribution in [0.25, 0.3) is 0 Å². The Labute approximate surface area is 50.5 Å². The van der Waals surface area contributed by atoms with Gasteiger partial charge in [0.1, 0.15) is 0 Å². The van der Waals surface area contributed by atoms with Gasteiger partial charge in [0.2, 0.25) is 0 Å². The van der Waals surface area contributed by atoms with Crippen molar-refractivity contribution in [2.75, 3.05) is 0 Å². The van der Waals surface area contributed by atoms with Gasteiger partial charge in [-0.15, -0.1) is 0 Å². The number of alkyl halides is 2. The van der Waals surface area contributed by atoms with E-state index in [1.165, 1.54) is 0 Å². The van der Waals surface area contributed by atoms with E-state index >= 15 is 0 Å². The zero-order valence-electron chi connectivity index (χ0n) is 4.77. The van der Waals surface area contributed by atoms with Gasteiger partial charge in [-0.05, 0) is 6.92 Å². The second-order valence-corrected chi connectivity index (χ2v) is 1.89. The highest BCUT2D eigenvalue weighted by atomic mass is 19.3. The maximum Gasteiger partial charge on any atom is 0.329 e. The Morgan fingerprint density at radius 1 is 1.78 bits per heavy atom. The Kier molecular flexibility index (Phi) is 2.08. The van der Waals surface area contributed by atoms with Gasteiger partial charge in [0, 0.05) is 0 Å². The molecular weight excluding hydrogens is 132 g/mol. The molecule has 0 aromatic carbocycles. The molecule has 9 heavy (non-hydrogen) atoms. The third kappa shape index (κ3) is 1.60. The minimum atomic E-state index is -3.03. The largest absolute Gasteiger partial charge is 0.480 e. The fraction of sp³-hybridized carbons (Fsp3) is 0.750. The number of rotatable bonds is 2. The highest BCUT2D eigenvalue weighted by Crippen LogP contribution is 2.10. The molecule has 0 saturated carbocycles. The van der Waals surface area contributed by atoms with Crippen molar-refractivity contribution in [1.29, 1.82) is 0 Å². The lowest BCUT2D eigenvalue weighted by molar-refractivity contribution is -0.148. The van der Waals surface area contributed by atoms with E-state index in [0.717, 1.165) is 6.92 Å². The maximum absolute atomic E-state index is 11.6. The van der Waals surface area contributed by atoms with Gasteiger partial charge in [-0.1, -0.05) is 0 Å². The smallest absolute Gasteiger partial charge is 0.329 e. The first-order valence-corrected chi connectivity index (χ1v) is 2.19. The summed E-state index contributed by atoms with van der Waals surface area (Å²) in [5.41, 5.74) is 2.24. The lowest BCUT2D eigenvalue weighted by Crippen LogP contribution is -2.51. The molecule has 0 saturated heterocycles. The summed E-state index contributed by atoms with van der Waals surface area (Å²) in [5, 5.41) is 8.01. The van der Waals surface area contributed by atoms with Crippen molar-refractivity contribution in [3.8, 4) is 0 Å². The van der Waals surface area contributed by atoms with Crippen LogP contribution in [0.15, 0.2) is 0 Å². The molecule has 0 amide bonds. The molecule has 0 heterocycles. The first-order chi connectivity index (χ1) is 3.89. The number of hydrogen-bond acceptors (Lipinski definition) is 2. The fourth-order valence-electron chi connectivity index (χ4n) is 0.0933. The van der Waals surface area contributed by atoms with Crippen molar-refractivity contribution < 1.29 is 18.7 Å². The average Bonchev–Trinajstić information content (AvgIpc) is 1.65. The number of aliphatic carboxylic acids is 1. The molecule has 0 aromatic rings. The SMILES string of the molecule is C[C@@](N)(C(=O)O)C(F)F. The lowest BCUT2D eigenvalue weighted by atomic mass is 10.1. The Balaban J connectivity index is 4.19. The van der Waals surface area contributed by atoms with E-state index in [1.807, 2.05) is 0 Å². The van der Waals surface area contributed by atoms with Gasteiger partial charge in [0.15, 0.2) is 5.54 Å². The van der Waals surface area contributed by atoms with Crippen LogP contribution in [0, 0.1) is 0 Å². The van der Waals surface area contributed by atoms with Gasteiger partial charge in [-0.3, -0.25) is 4.79 Å². The molecule has 1 atom stereocenters. The van der Waals surface area contributed by atoms with Gasteiger partial charge in [0.05, 0.1) is 0 Å². The summed E-state index contributed by atoms with van der Waals surface area (Å²) in [6.45, 7) is 0.764. The van der Waals surface area contributed by atoms with Crippen molar-refractivity contribution in [2.45, 2.75) is 18.9 Å². The van der Waals surface area contributed by atoms with Crippen LogP contribution in [-0.2, 0) is 4.79 Å². The highest BCUT2D eigenvalue weighted by molar-refractivity contribution is 5.78. The first-order valence-electron chi connectivity index (χ1n) is 2.19. The van der Waals surface area contributed by atoms with Crippen LogP contribution < -0.4 is 5.73 Å². The number of carboxylic acids is 1. The number of carboxylic acid groups (broad SMARTS) is 1. The van der Waals surface area contributed by atoms with Crippen LogP contribution in [0.3, 0.4) is 0 Å². The molecule has 3 nitrogen and oxygen atoms in total. The molecule has 0 bridgehead atoms. The monoisotopic (exact) mass is 139 g/mol. The Morgan fingerprint density at radius 3 is 2.11 bits per heavy atom. The Bertz CT molecular complexity index is 124. The summed E-state index contributed by atoms with van der Waals surface area (Å²) in [5.74, 6) is -1.70. The van der Waals surface area contributed by atoms with Gasteiger partial charge < -0.3 is 10.8 Å². The zero-order valence-corrected chi connectivity index (χ0v) is 4.77. The van der Waals surface area contributed by atoms with Crippen LogP contribution in [0.1, 0.15) is 6.92 Å². The van der Waals surface area contributed by atoms with Crippen molar-refractivity contribution in [1.82, 2.24) is 0 Å². The van der Waals surface area contributed by atoms with Crippen LogP contribution in [0.2, 0.25) is 0 Å². The molecular formula is C4H7F2NO2. The molecule has 3 N–H and O–H groups in total. The van der Waals surface area contributed by atoms with Crippen molar-refractivity contribution in [3.63, 3.8) is 0 Å². The van der Waals surface area contributed by atoms with Gasteiger partial charge >= 0.3 is 5.97 Å². The molecule has 0 spiro atoms. The molecule has 0 fully saturated rings. The number of halogens is 2. The predicted octanol–water partition coefficient (Wildman–Crippen LogP) is 0.0535. The highest BCUT2D eigenvalue weighted by Gasteiger charge is 2.38. The fourth-order valence-corrected chi connectivity index (χ4v) is 0.0933. The van der Waals surface area contributed by atoms with Crippen LogP contribution >= 0.6 is 0 Å². The van der Waals surface area contributed by atoms with E-state index in [-0.39, 0.29) is 0 Å². The van der Waals surface area contributed by atoms with Gasteiger partial charge in [-0.25, -0.2) is 8.78 Å². The zero-order chi connectivity index (χ0) is 7.65. The van der Waals surface area contributed by atoms with Crippen molar-refractivity contribution >= 4 is 5.97 Å². The average molecular weight is 139 g/mol. The van der Waals surface area contributed by atoms with Crippen molar-refractivity contribution in [2.24, 2.45) is 5.73 Å². The lowest BCUT2D eigenvalue weighted by Gasteiger charge is -2.16. The molecule has 0 aliphatic carbocycles. The van der Waals surface area contributed by atoms with Crippen LogP contribution in [0.5, 0.6) is 0 Å². The molecule has 0 rings (SSSR count). The molecule has 0 radical (unpaired) electrons. The second-order valence-electron chi connectivity index (χ2n) is 1.89. The maximum atomic E-state index is 11.6. The summed E-state index contributed by atoms with van der Waals surface area (Å²) in [6, 6.07) is 0. The normalized spacial score (nSPS) is 17.4. The summed E-state index contributed by atoms with van der Waals surface area (Å²) in [4.78, 5) is 9.86. The molecule has 0 aliphatic heterocycles. The van der Waals surface area contributed by atoms with E-state index in [1.54, 1.807) is 0 Å². The Hall–Kier alpha value is -0.710. The second kappa shape index (κ2) is 2.26. The Morgan fingerprint density at radius 2 is 2.11 bits per heavy atom. The summed E-state index contributed by atoms with van der Waals surface area (Å²) >= 11 is 0. The van der Waals surface area contributed by atoms with E-state index in [2.05, 4.69) is 5.73 Å². The summed E-state index contributed by atoms with van der Waals surface area (Å²) in [6.07, 6.45) is -3.03. The van der Waals surface area contributed by atoms with E-state index in [4.69, 9.17) is 5.11 Å². The third-order valence-corrected chi connectivity index (χ3v) is 0.914. The third-order valence-electron chi connectivity index (χ3n) is 0.914. The van der Waals surface area contributed by atoms with Crippen LogP contribution in [0.4, 0.5) is 8.78 Å². The molecule has 5 heteroatoms. The molecule has 0 unspecified atom stereocenters. The van der Waals surface area contributed by atoms with E-state index in [9.17, 15) is 13.6 Å². The van der Waals surface area contributed by atoms with Crippen molar-refractivity contribution in [3.05, 3.63) is 0 Å². The quantitative estimate of drug-likeness (QED) is 0.568. The minimum Gasteiger partial charge on any atom is -0.480 e. The number of nitrogens with two attached hydrogens (primary N) is 1. The molecule has 0 aromatic heterocycles. The topological polar surface area (TPSA) is 63.3 Å². The molecule has 54 valence electrons. The van der Waals surface area contributed by atoms with Crippen LogP contribution in [-0.4, -0.2) is 23.0 Å². The van der Waals surface area contributed by atoms with Gasteiger partial charge in [-0.2, -0.15) is 0 Å². The minimum absolute atomic E-state index is 0.764.